The van der Waals surface area contributed by atoms with Crippen LogP contribution in [0.25, 0.3) is 10.3 Å². The third kappa shape index (κ3) is 3.28. The quantitative estimate of drug-likeness (QED) is 0.669. The van der Waals surface area contributed by atoms with Gasteiger partial charge < -0.3 is 14.4 Å². The summed E-state index contributed by atoms with van der Waals surface area (Å²) in [5, 5.41) is 3.79. The van der Waals surface area contributed by atoms with Gasteiger partial charge in [-0.05, 0) is 17.7 Å². The summed E-state index contributed by atoms with van der Waals surface area (Å²) in [5.74, 6) is -0.653. The van der Waals surface area contributed by atoms with E-state index in [2.05, 4.69) is 15.3 Å². The number of benzene rings is 1. The number of anilines is 1. The van der Waals surface area contributed by atoms with E-state index in [4.69, 9.17) is 9.05 Å². The van der Waals surface area contributed by atoms with Crippen LogP contribution in [-0.2, 0) is 13.6 Å². The monoisotopic (exact) mass is 349 g/mol. The van der Waals surface area contributed by atoms with Crippen LogP contribution in [-0.4, -0.2) is 24.2 Å². The zero-order valence-corrected chi connectivity index (χ0v) is 14.4. The Hall–Kier alpha value is -1.79. The van der Waals surface area contributed by atoms with Crippen LogP contribution in [0, 0.1) is 0 Å². The molecule has 0 bridgehead atoms. The van der Waals surface area contributed by atoms with E-state index >= 15 is 0 Å². The van der Waals surface area contributed by atoms with Crippen molar-refractivity contribution in [3.63, 3.8) is 0 Å². The minimum absolute atomic E-state index is 0.613. The fourth-order valence-electron chi connectivity index (χ4n) is 2.21. The van der Waals surface area contributed by atoms with E-state index in [1.165, 1.54) is 25.6 Å². The van der Waals surface area contributed by atoms with Crippen molar-refractivity contribution in [2.45, 2.75) is 5.78 Å². The van der Waals surface area contributed by atoms with E-state index in [0.717, 1.165) is 15.9 Å². The summed E-state index contributed by atoms with van der Waals surface area (Å²) in [5.41, 5.74) is 1.59. The van der Waals surface area contributed by atoms with Gasteiger partial charge in [0.05, 0.1) is 0 Å². The first-order valence-electron chi connectivity index (χ1n) is 6.90. The molecule has 3 rings (SSSR count). The van der Waals surface area contributed by atoms with E-state index in [1.807, 2.05) is 42.5 Å². The van der Waals surface area contributed by atoms with Gasteiger partial charge in [0.2, 0.25) is 0 Å². The summed E-state index contributed by atoms with van der Waals surface area (Å²) >= 11 is 1.39. The molecule has 6 nitrogen and oxygen atoms in total. The van der Waals surface area contributed by atoms with Gasteiger partial charge in [0.15, 0.2) is 10.9 Å². The topological polar surface area (TPSA) is 73.3 Å². The van der Waals surface area contributed by atoms with Gasteiger partial charge in [0, 0.05) is 20.4 Å². The normalized spacial score (nSPS) is 13.1. The molecule has 2 heterocycles. The highest BCUT2D eigenvalue weighted by Crippen LogP contribution is 2.59. The van der Waals surface area contributed by atoms with Crippen molar-refractivity contribution in [2.24, 2.45) is 0 Å². The van der Waals surface area contributed by atoms with Crippen molar-refractivity contribution in [2.75, 3.05) is 19.5 Å². The van der Waals surface area contributed by atoms with E-state index in [9.17, 15) is 4.57 Å². The smallest absolute Gasteiger partial charge is 0.344 e. The van der Waals surface area contributed by atoms with Crippen LogP contribution in [0.4, 0.5) is 5.13 Å². The van der Waals surface area contributed by atoms with Gasteiger partial charge in [0.25, 0.3) is 0 Å². The standard InChI is InChI=1S/C15H16N3O3PS/c1-20-22(19,21-2)13(11-7-4-3-5-8-11)18-15-17-12-9-6-10-16-14(12)23-15/h3-10,13H,1-2H3,(H,17,18). The highest BCUT2D eigenvalue weighted by molar-refractivity contribution is 7.54. The molecule has 0 radical (unpaired) electrons. The predicted molar refractivity (Wildman–Crippen MR) is 91.8 cm³/mol. The molecule has 0 saturated carbocycles. The van der Waals surface area contributed by atoms with Crippen molar-refractivity contribution < 1.29 is 13.6 Å². The summed E-state index contributed by atoms with van der Waals surface area (Å²) in [6, 6.07) is 13.1. The van der Waals surface area contributed by atoms with Crippen molar-refractivity contribution in [3.8, 4) is 0 Å². The number of nitrogens with zero attached hydrogens (tertiary/aromatic N) is 2. The largest absolute Gasteiger partial charge is 0.356 e. The number of rotatable bonds is 6. The molecule has 0 saturated heterocycles. The highest BCUT2D eigenvalue weighted by atomic mass is 32.1. The SMILES string of the molecule is COP(=O)(OC)C(Nc1nc2cccnc2s1)c1ccccc1. The minimum Gasteiger partial charge on any atom is -0.344 e. The maximum atomic E-state index is 12.9. The van der Waals surface area contributed by atoms with Crippen LogP contribution < -0.4 is 5.32 Å². The second kappa shape index (κ2) is 6.76. The van der Waals surface area contributed by atoms with Crippen LogP contribution in [0.3, 0.4) is 0 Å². The molecule has 1 N–H and O–H groups in total. The zero-order chi connectivity index (χ0) is 16.3. The van der Waals surface area contributed by atoms with Gasteiger partial charge >= 0.3 is 7.60 Å². The summed E-state index contributed by atoms with van der Waals surface area (Å²) in [7, 11) is -0.633. The van der Waals surface area contributed by atoms with Crippen LogP contribution in [0.5, 0.6) is 0 Å². The van der Waals surface area contributed by atoms with Gasteiger partial charge in [0.1, 0.15) is 10.3 Å². The molecule has 0 spiro atoms. The number of hydrogen-bond acceptors (Lipinski definition) is 7. The Morgan fingerprint density at radius 1 is 1.13 bits per heavy atom. The van der Waals surface area contributed by atoms with Crippen molar-refractivity contribution in [1.82, 2.24) is 9.97 Å². The molecule has 0 aliphatic rings. The Morgan fingerprint density at radius 3 is 2.52 bits per heavy atom. The average molecular weight is 349 g/mol. The number of pyridine rings is 1. The van der Waals surface area contributed by atoms with Gasteiger partial charge in [-0.2, -0.15) is 0 Å². The Morgan fingerprint density at radius 2 is 1.87 bits per heavy atom. The van der Waals surface area contributed by atoms with Crippen LogP contribution >= 0.6 is 18.9 Å². The number of hydrogen-bond donors (Lipinski definition) is 1. The second-order valence-electron chi connectivity index (χ2n) is 4.71. The molecule has 23 heavy (non-hydrogen) atoms. The molecule has 120 valence electrons. The van der Waals surface area contributed by atoms with Gasteiger partial charge in [-0.25, -0.2) is 9.97 Å². The lowest BCUT2D eigenvalue weighted by Crippen LogP contribution is -2.13. The molecule has 0 aliphatic heterocycles. The minimum atomic E-state index is -3.39. The van der Waals surface area contributed by atoms with Crippen molar-refractivity contribution >= 4 is 34.4 Å². The number of fused-ring (bicyclic) bond motifs is 1. The molecule has 0 aliphatic carbocycles. The van der Waals surface area contributed by atoms with Crippen LogP contribution in [0.1, 0.15) is 11.3 Å². The molecule has 1 unspecified atom stereocenters. The predicted octanol–water partition coefficient (Wildman–Crippen LogP) is 4.29. The third-order valence-corrected chi connectivity index (χ3v) is 6.36. The summed E-state index contributed by atoms with van der Waals surface area (Å²) < 4.78 is 23.3. The van der Waals surface area contributed by atoms with Gasteiger partial charge in [-0.3, -0.25) is 4.57 Å². The third-order valence-electron chi connectivity index (χ3n) is 3.37. The van der Waals surface area contributed by atoms with Gasteiger partial charge in [-0.15, -0.1) is 0 Å². The van der Waals surface area contributed by atoms with Gasteiger partial charge in [-0.1, -0.05) is 41.7 Å². The molecular weight excluding hydrogens is 333 g/mol. The first kappa shape index (κ1) is 16.1. The van der Waals surface area contributed by atoms with Crippen LogP contribution in [0.2, 0.25) is 0 Å². The Labute approximate surface area is 138 Å². The molecular formula is C15H16N3O3PS. The van der Waals surface area contributed by atoms with Crippen molar-refractivity contribution in [3.05, 3.63) is 54.2 Å². The van der Waals surface area contributed by atoms with E-state index in [0.29, 0.717) is 5.13 Å². The van der Waals surface area contributed by atoms with Crippen LogP contribution in [0.15, 0.2) is 48.7 Å². The average Bonchev–Trinajstić information content (AvgIpc) is 3.02. The second-order valence-corrected chi connectivity index (χ2v) is 8.01. The highest BCUT2D eigenvalue weighted by Gasteiger charge is 2.36. The molecule has 0 amide bonds. The lowest BCUT2D eigenvalue weighted by atomic mass is 10.2. The first-order chi connectivity index (χ1) is 11.2. The van der Waals surface area contributed by atoms with E-state index < -0.39 is 13.4 Å². The molecule has 0 fully saturated rings. The Balaban J connectivity index is 2.00. The molecule has 3 aromatic rings. The number of aromatic nitrogens is 2. The van der Waals surface area contributed by atoms with E-state index in [-0.39, 0.29) is 0 Å². The fourth-order valence-corrected chi connectivity index (χ4v) is 4.53. The Kier molecular flexibility index (Phi) is 4.73. The summed E-state index contributed by atoms with van der Waals surface area (Å²) in [6.07, 6.45) is 1.72. The molecule has 8 heteroatoms. The first-order valence-corrected chi connectivity index (χ1v) is 9.33. The number of nitrogens with one attached hydrogen (secondary N) is 1. The van der Waals surface area contributed by atoms with Crippen molar-refractivity contribution in [1.29, 1.82) is 0 Å². The lowest BCUT2D eigenvalue weighted by molar-refractivity contribution is 0.268. The Bertz CT molecular complexity index is 799. The molecule has 2 aromatic heterocycles. The maximum Gasteiger partial charge on any atom is 0.356 e. The summed E-state index contributed by atoms with van der Waals surface area (Å²) in [4.78, 5) is 9.55. The van der Waals surface area contributed by atoms with E-state index in [1.54, 1.807) is 6.20 Å². The maximum absolute atomic E-state index is 12.9. The molecule has 1 atom stereocenters. The summed E-state index contributed by atoms with van der Waals surface area (Å²) in [6.45, 7) is 0. The lowest BCUT2D eigenvalue weighted by Gasteiger charge is -2.25. The number of thiazole rings is 1. The zero-order valence-electron chi connectivity index (χ0n) is 12.7. The fraction of sp³-hybridized carbons (Fsp3) is 0.200. The molecule has 1 aromatic carbocycles.